The largest absolute Gasteiger partial charge is 0.316 e. The van der Waals surface area contributed by atoms with Gasteiger partial charge in [0.1, 0.15) is 0 Å². The van der Waals surface area contributed by atoms with Crippen molar-refractivity contribution in [2.45, 2.75) is 39.5 Å². The van der Waals surface area contributed by atoms with E-state index in [9.17, 15) is 0 Å². The smallest absolute Gasteiger partial charge is 0.0897 e. The van der Waals surface area contributed by atoms with Crippen molar-refractivity contribution in [2.75, 3.05) is 13.1 Å². The van der Waals surface area contributed by atoms with E-state index in [0.717, 1.165) is 18.4 Å². The molecule has 0 aliphatic carbocycles. The Morgan fingerprint density at radius 2 is 2.38 bits per heavy atom. The van der Waals surface area contributed by atoms with Crippen LogP contribution >= 0.6 is 11.3 Å². The number of rotatable bonds is 3. The Kier molecular flexibility index (Phi) is 3.98. The fourth-order valence-electron chi connectivity index (χ4n) is 2.72. The zero-order valence-electron chi connectivity index (χ0n) is 10.5. The lowest BCUT2D eigenvalue weighted by molar-refractivity contribution is 0.277. The minimum Gasteiger partial charge on any atom is -0.316 e. The van der Waals surface area contributed by atoms with Crippen LogP contribution in [0, 0.1) is 18.8 Å². The molecule has 2 nitrogen and oxygen atoms in total. The van der Waals surface area contributed by atoms with Crippen LogP contribution < -0.4 is 5.32 Å². The van der Waals surface area contributed by atoms with Crippen LogP contribution in [0.15, 0.2) is 5.38 Å². The van der Waals surface area contributed by atoms with Crippen LogP contribution in [0.25, 0.3) is 0 Å². The van der Waals surface area contributed by atoms with Crippen molar-refractivity contribution in [1.82, 2.24) is 10.3 Å². The molecule has 16 heavy (non-hydrogen) atoms. The highest BCUT2D eigenvalue weighted by atomic mass is 32.1. The predicted molar refractivity (Wildman–Crippen MR) is 70.0 cm³/mol. The van der Waals surface area contributed by atoms with Gasteiger partial charge in [0.2, 0.25) is 0 Å². The van der Waals surface area contributed by atoms with Crippen LogP contribution in [-0.2, 0) is 0 Å². The van der Waals surface area contributed by atoms with Crippen LogP contribution in [0.1, 0.15) is 43.3 Å². The first-order valence-corrected chi connectivity index (χ1v) is 7.17. The molecule has 2 unspecified atom stereocenters. The first-order valence-electron chi connectivity index (χ1n) is 6.29. The molecule has 1 aliphatic rings. The van der Waals surface area contributed by atoms with Gasteiger partial charge in [-0.15, -0.1) is 11.3 Å². The highest BCUT2D eigenvalue weighted by Gasteiger charge is 2.28. The standard InChI is InChI=1S/C13H22N2S/c1-9(2)6-11-7-14-5-4-12(11)13-8-16-10(3)15-13/h8-9,11-12,14H,4-7H2,1-3H3. The summed E-state index contributed by atoms with van der Waals surface area (Å²) in [6.45, 7) is 9.05. The van der Waals surface area contributed by atoms with Gasteiger partial charge in [-0.25, -0.2) is 4.98 Å². The summed E-state index contributed by atoms with van der Waals surface area (Å²) in [6.07, 6.45) is 2.56. The summed E-state index contributed by atoms with van der Waals surface area (Å²) >= 11 is 1.79. The quantitative estimate of drug-likeness (QED) is 0.875. The lowest BCUT2D eigenvalue weighted by Crippen LogP contribution is -2.36. The van der Waals surface area contributed by atoms with E-state index in [1.54, 1.807) is 11.3 Å². The molecule has 0 aromatic carbocycles. The number of aromatic nitrogens is 1. The van der Waals surface area contributed by atoms with E-state index in [1.807, 2.05) is 0 Å². The third-order valence-electron chi connectivity index (χ3n) is 3.40. The van der Waals surface area contributed by atoms with Gasteiger partial charge in [0.15, 0.2) is 0 Å². The fraction of sp³-hybridized carbons (Fsp3) is 0.769. The van der Waals surface area contributed by atoms with E-state index in [2.05, 4.69) is 36.5 Å². The summed E-state index contributed by atoms with van der Waals surface area (Å²) in [7, 11) is 0. The van der Waals surface area contributed by atoms with Crippen LogP contribution in [0.4, 0.5) is 0 Å². The minimum absolute atomic E-state index is 0.689. The van der Waals surface area contributed by atoms with Crippen LogP contribution in [0.5, 0.6) is 0 Å². The third-order valence-corrected chi connectivity index (χ3v) is 4.19. The number of hydrogen-bond acceptors (Lipinski definition) is 3. The van der Waals surface area contributed by atoms with Crippen molar-refractivity contribution < 1.29 is 0 Å². The van der Waals surface area contributed by atoms with Crippen molar-refractivity contribution in [3.05, 3.63) is 16.1 Å². The summed E-state index contributed by atoms with van der Waals surface area (Å²) in [6, 6.07) is 0. The number of nitrogens with zero attached hydrogens (tertiary/aromatic N) is 1. The van der Waals surface area contributed by atoms with Gasteiger partial charge >= 0.3 is 0 Å². The summed E-state index contributed by atoms with van der Waals surface area (Å²) in [4.78, 5) is 4.68. The van der Waals surface area contributed by atoms with Gasteiger partial charge < -0.3 is 5.32 Å². The predicted octanol–water partition coefficient (Wildman–Crippen LogP) is 3.19. The molecule has 1 saturated heterocycles. The van der Waals surface area contributed by atoms with Gasteiger partial charge in [0.05, 0.1) is 10.7 Å². The number of piperidine rings is 1. The molecule has 1 aliphatic heterocycles. The Morgan fingerprint density at radius 3 is 3.00 bits per heavy atom. The zero-order valence-corrected chi connectivity index (χ0v) is 11.3. The van der Waals surface area contributed by atoms with Gasteiger partial charge in [0.25, 0.3) is 0 Å². The molecule has 90 valence electrons. The number of nitrogens with one attached hydrogen (secondary N) is 1. The second kappa shape index (κ2) is 5.28. The molecule has 1 fully saturated rings. The molecule has 0 bridgehead atoms. The normalized spacial score (nSPS) is 26.2. The highest BCUT2D eigenvalue weighted by molar-refractivity contribution is 7.09. The van der Waals surface area contributed by atoms with Crippen LogP contribution in [0.3, 0.4) is 0 Å². The highest BCUT2D eigenvalue weighted by Crippen LogP contribution is 2.34. The Bertz CT molecular complexity index is 332. The van der Waals surface area contributed by atoms with Gasteiger partial charge in [-0.2, -0.15) is 0 Å². The van der Waals surface area contributed by atoms with Crippen molar-refractivity contribution in [3.8, 4) is 0 Å². The molecule has 0 saturated carbocycles. The van der Waals surface area contributed by atoms with E-state index in [-0.39, 0.29) is 0 Å². The maximum atomic E-state index is 4.68. The number of aryl methyl sites for hydroxylation is 1. The lowest BCUT2D eigenvalue weighted by Gasteiger charge is -2.32. The molecule has 0 spiro atoms. The molecule has 2 rings (SSSR count). The Balaban J connectivity index is 2.10. The number of hydrogen-bond donors (Lipinski definition) is 1. The topological polar surface area (TPSA) is 24.9 Å². The summed E-state index contributed by atoms with van der Waals surface area (Å²) in [5.41, 5.74) is 1.34. The zero-order chi connectivity index (χ0) is 11.5. The van der Waals surface area contributed by atoms with Crippen molar-refractivity contribution in [2.24, 2.45) is 11.8 Å². The molecule has 2 atom stereocenters. The van der Waals surface area contributed by atoms with E-state index >= 15 is 0 Å². The molecule has 0 radical (unpaired) electrons. The molecule has 1 aromatic heterocycles. The Hall–Kier alpha value is -0.410. The summed E-state index contributed by atoms with van der Waals surface area (Å²) < 4.78 is 0. The first kappa shape index (κ1) is 12.1. The van der Waals surface area contributed by atoms with Crippen molar-refractivity contribution in [3.63, 3.8) is 0 Å². The van der Waals surface area contributed by atoms with E-state index < -0.39 is 0 Å². The average Bonchev–Trinajstić information content (AvgIpc) is 2.65. The van der Waals surface area contributed by atoms with Gasteiger partial charge in [-0.1, -0.05) is 13.8 Å². The third kappa shape index (κ3) is 2.83. The van der Waals surface area contributed by atoms with E-state index in [4.69, 9.17) is 0 Å². The summed E-state index contributed by atoms with van der Waals surface area (Å²) in [5.74, 6) is 2.25. The average molecular weight is 238 g/mol. The minimum atomic E-state index is 0.689. The van der Waals surface area contributed by atoms with E-state index in [1.165, 1.54) is 30.1 Å². The van der Waals surface area contributed by atoms with Gasteiger partial charge in [-0.05, 0) is 44.7 Å². The molecule has 1 aromatic rings. The van der Waals surface area contributed by atoms with Gasteiger partial charge in [-0.3, -0.25) is 0 Å². The Morgan fingerprint density at radius 1 is 1.56 bits per heavy atom. The van der Waals surface area contributed by atoms with Crippen LogP contribution in [0.2, 0.25) is 0 Å². The fourth-order valence-corrected chi connectivity index (χ4v) is 3.39. The monoisotopic (exact) mass is 238 g/mol. The van der Waals surface area contributed by atoms with E-state index in [0.29, 0.717) is 5.92 Å². The summed E-state index contributed by atoms with van der Waals surface area (Å²) in [5, 5.41) is 6.99. The first-order chi connectivity index (χ1) is 7.66. The number of thiazole rings is 1. The second-order valence-electron chi connectivity index (χ2n) is 5.28. The molecule has 1 N–H and O–H groups in total. The van der Waals surface area contributed by atoms with Crippen molar-refractivity contribution >= 4 is 11.3 Å². The lowest BCUT2D eigenvalue weighted by atomic mass is 9.80. The SMILES string of the molecule is Cc1nc(C2CCNCC2CC(C)C)cs1. The van der Waals surface area contributed by atoms with Crippen molar-refractivity contribution in [1.29, 1.82) is 0 Å². The molecular formula is C13H22N2S. The van der Waals surface area contributed by atoms with Gasteiger partial charge in [0, 0.05) is 11.3 Å². The maximum absolute atomic E-state index is 4.68. The maximum Gasteiger partial charge on any atom is 0.0897 e. The molecular weight excluding hydrogens is 216 g/mol. The second-order valence-corrected chi connectivity index (χ2v) is 6.34. The Labute approximate surface area is 102 Å². The van der Waals surface area contributed by atoms with Crippen LogP contribution in [-0.4, -0.2) is 18.1 Å². The molecule has 2 heterocycles. The molecule has 3 heteroatoms. The molecule has 0 amide bonds.